The first-order chi connectivity index (χ1) is 6.18. The fourth-order valence-electron chi connectivity index (χ4n) is 1.47. The zero-order valence-electron chi connectivity index (χ0n) is 8.41. The molecular formula is C10H18O3. The molecule has 13 heavy (non-hydrogen) atoms. The molecule has 76 valence electrons. The summed E-state index contributed by atoms with van der Waals surface area (Å²) in [6, 6.07) is 0. The van der Waals surface area contributed by atoms with Gasteiger partial charge in [-0.3, -0.25) is 4.79 Å². The standard InChI is InChI=1S/C10H18O3/c1-8(2)13-10(11)6-5-9-4-3-7-12-9/h8-9H,3-7H2,1-2H3. The Balaban J connectivity index is 2.07. The Morgan fingerprint density at radius 3 is 2.92 bits per heavy atom. The third-order valence-electron chi connectivity index (χ3n) is 2.06. The Bertz CT molecular complexity index is 160. The molecule has 1 fully saturated rings. The van der Waals surface area contributed by atoms with E-state index in [0.717, 1.165) is 25.9 Å². The van der Waals surface area contributed by atoms with E-state index in [2.05, 4.69) is 0 Å². The van der Waals surface area contributed by atoms with Crippen molar-refractivity contribution in [1.29, 1.82) is 0 Å². The van der Waals surface area contributed by atoms with E-state index in [1.54, 1.807) is 0 Å². The summed E-state index contributed by atoms with van der Waals surface area (Å²) in [5.41, 5.74) is 0. The van der Waals surface area contributed by atoms with Gasteiger partial charge in [0.2, 0.25) is 0 Å². The molecule has 1 saturated heterocycles. The molecule has 1 atom stereocenters. The number of hydrogen-bond donors (Lipinski definition) is 0. The molecule has 1 aliphatic rings. The van der Waals surface area contributed by atoms with E-state index in [9.17, 15) is 4.79 Å². The third-order valence-corrected chi connectivity index (χ3v) is 2.06. The Morgan fingerprint density at radius 2 is 2.38 bits per heavy atom. The molecule has 0 spiro atoms. The van der Waals surface area contributed by atoms with E-state index in [1.165, 1.54) is 0 Å². The van der Waals surface area contributed by atoms with Gasteiger partial charge in [-0.05, 0) is 33.1 Å². The fraction of sp³-hybridized carbons (Fsp3) is 0.900. The maximum absolute atomic E-state index is 11.1. The molecule has 1 rings (SSSR count). The van der Waals surface area contributed by atoms with E-state index in [1.807, 2.05) is 13.8 Å². The minimum absolute atomic E-state index is 0.00278. The molecule has 0 aliphatic carbocycles. The molecule has 0 amide bonds. The summed E-state index contributed by atoms with van der Waals surface area (Å²) < 4.78 is 10.4. The molecular weight excluding hydrogens is 168 g/mol. The Morgan fingerprint density at radius 1 is 1.62 bits per heavy atom. The zero-order valence-corrected chi connectivity index (χ0v) is 8.41. The number of rotatable bonds is 4. The van der Waals surface area contributed by atoms with Crippen molar-refractivity contribution in [1.82, 2.24) is 0 Å². The van der Waals surface area contributed by atoms with Gasteiger partial charge in [-0.15, -0.1) is 0 Å². The monoisotopic (exact) mass is 186 g/mol. The lowest BCUT2D eigenvalue weighted by Gasteiger charge is -2.10. The molecule has 0 aromatic heterocycles. The predicted octanol–water partition coefficient (Wildman–Crippen LogP) is 1.90. The lowest BCUT2D eigenvalue weighted by atomic mass is 10.1. The lowest BCUT2D eigenvalue weighted by molar-refractivity contribution is -0.148. The van der Waals surface area contributed by atoms with Crippen LogP contribution in [-0.2, 0) is 14.3 Å². The first-order valence-electron chi connectivity index (χ1n) is 4.99. The Labute approximate surface area is 79.4 Å². The van der Waals surface area contributed by atoms with Crippen molar-refractivity contribution < 1.29 is 14.3 Å². The fourth-order valence-corrected chi connectivity index (χ4v) is 1.47. The SMILES string of the molecule is CC(C)OC(=O)CCC1CCCO1. The number of carbonyl (C=O) groups is 1. The summed E-state index contributed by atoms with van der Waals surface area (Å²) in [4.78, 5) is 11.1. The average molecular weight is 186 g/mol. The minimum atomic E-state index is -0.106. The van der Waals surface area contributed by atoms with Crippen molar-refractivity contribution in [2.45, 2.75) is 51.7 Å². The average Bonchev–Trinajstić information content (AvgIpc) is 2.51. The van der Waals surface area contributed by atoms with Crippen LogP contribution in [0.1, 0.15) is 39.5 Å². The molecule has 3 heteroatoms. The number of ether oxygens (including phenoxy) is 2. The van der Waals surface area contributed by atoms with Crippen LogP contribution in [0.4, 0.5) is 0 Å². The highest BCUT2D eigenvalue weighted by Gasteiger charge is 2.17. The van der Waals surface area contributed by atoms with Crippen molar-refractivity contribution in [3.05, 3.63) is 0 Å². The van der Waals surface area contributed by atoms with E-state index in [-0.39, 0.29) is 12.1 Å². The highest BCUT2D eigenvalue weighted by molar-refractivity contribution is 5.69. The summed E-state index contributed by atoms with van der Waals surface area (Å²) in [6.45, 7) is 4.58. The second kappa shape index (κ2) is 5.22. The highest BCUT2D eigenvalue weighted by atomic mass is 16.5. The first kappa shape index (κ1) is 10.5. The maximum Gasteiger partial charge on any atom is 0.306 e. The van der Waals surface area contributed by atoms with Crippen LogP contribution in [0.2, 0.25) is 0 Å². The number of carbonyl (C=O) groups excluding carboxylic acids is 1. The third kappa shape index (κ3) is 4.27. The van der Waals surface area contributed by atoms with E-state index in [4.69, 9.17) is 9.47 Å². The summed E-state index contributed by atoms with van der Waals surface area (Å²) in [5.74, 6) is -0.106. The second-order valence-electron chi connectivity index (χ2n) is 3.71. The maximum atomic E-state index is 11.1. The van der Waals surface area contributed by atoms with Crippen LogP contribution in [0.5, 0.6) is 0 Å². The smallest absolute Gasteiger partial charge is 0.306 e. The molecule has 0 saturated carbocycles. The summed E-state index contributed by atoms with van der Waals surface area (Å²) in [6.07, 6.45) is 3.81. The molecule has 0 aromatic rings. The van der Waals surface area contributed by atoms with Gasteiger partial charge in [-0.2, -0.15) is 0 Å². The molecule has 1 unspecified atom stereocenters. The quantitative estimate of drug-likeness (QED) is 0.629. The Hall–Kier alpha value is -0.570. The summed E-state index contributed by atoms with van der Waals surface area (Å²) >= 11 is 0. The molecule has 1 heterocycles. The van der Waals surface area contributed by atoms with E-state index >= 15 is 0 Å². The van der Waals surface area contributed by atoms with E-state index in [0.29, 0.717) is 12.5 Å². The first-order valence-corrected chi connectivity index (χ1v) is 4.99. The molecule has 3 nitrogen and oxygen atoms in total. The molecule has 0 aromatic carbocycles. The van der Waals surface area contributed by atoms with Crippen LogP contribution in [0.15, 0.2) is 0 Å². The van der Waals surface area contributed by atoms with Crippen LogP contribution in [0, 0.1) is 0 Å². The normalized spacial score (nSPS) is 22.2. The van der Waals surface area contributed by atoms with Crippen molar-refractivity contribution in [2.24, 2.45) is 0 Å². The van der Waals surface area contributed by atoms with Gasteiger partial charge in [0.25, 0.3) is 0 Å². The number of esters is 1. The van der Waals surface area contributed by atoms with Gasteiger partial charge in [0.05, 0.1) is 12.2 Å². The van der Waals surface area contributed by atoms with Crippen LogP contribution >= 0.6 is 0 Å². The van der Waals surface area contributed by atoms with Crippen molar-refractivity contribution >= 4 is 5.97 Å². The van der Waals surface area contributed by atoms with Gasteiger partial charge in [0.1, 0.15) is 0 Å². The predicted molar refractivity (Wildman–Crippen MR) is 49.4 cm³/mol. The zero-order chi connectivity index (χ0) is 9.68. The van der Waals surface area contributed by atoms with Crippen molar-refractivity contribution in [3.63, 3.8) is 0 Å². The van der Waals surface area contributed by atoms with Crippen LogP contribution in [-0.4, -0.2) is 24.8 Å². The molecule has 0 N–H and O–H groups in total. The van der Waals surface area contributed by atoms with Gasteiger partial charge in [-0.1, -0.05) is 0 Å². The highest BCUT2D eigenvalue weighted by Crippen LogP contribution is 2.17. The summed E-state index contributed by atoms with van der Waals surface area (Å²) in [5, 5.41) is 0. The minimum Gasteiger partial charge on any atom is -0.463 e. The topological polar surface area (TPSA) is 35.5 Å². The second-order valence-corrected chi connectivity index (χ2v) is 3.71. The summed E-state index contributed by atoms with van der Waals surface area (Å²) in [7, 11) is 0. The van der Waals surface area contributed by atoms with Gasteiger partial charge in [-0.25, -0.2) is 0 Å². The van der Waals surface area contributed by atoms with Crippen molar-refractivity contribution in [2.75, 3.05) is 6.61 Å². The lowest BCUT2D eigenvalue weighted by Crippen LogP contribution is -2.14. The molecule has 0 bridgehead atoms. The van der Waals surface area contributed by atoms with Gasteiger partial charge in [0.15, 0.2) is 0 Å². The van der Waals surface area contributed by atoms with Crippen LogP contribution in [0.3, 0.4) is 0 Å². The van der Waals surface area contributed by atoms with Crippen molar-refractivity contribution in [3.8, 4) is 0 Å². The molecule has 1 aliphatic heterocycles. The Kier molecular flexibility index (Phi) is 4.22. The van der Waals surface area contributed by atoms with E-state index < -0.39 is 0 Å². The van der Waals surface area contributed by atoms with Gasteiger partial charge >= 0.3 is 5.97 Å². The van der Waals surface area contributed by atoms with Gasteiger partial charge in [0, 0.05) is 13.0 Å². The largest absolute Gasteiger partial charge is 0.463 e. The molecule has 0 radical (unpaired) electrons. The van der Waals surface area contributed by atoms with Crippen LogP contribution in [0.25, 0.3) is 0 Å². The van der Waals surface area contributed by atoms with Crippen LogP contribution < -0.4 is 0 Å². The van der Waals surface area contributed by atoms with Gasteiger partial charge < -0.3 is 9.47 Å². The number of hydrogen-bond acceptors (Lipinski definition) is 3.